The van der Waals surface area contributed by atoms with Crippen LogP contribution in [0.1, 0.15) is 17.6 Å². The first-order valence-corrected chi connectivity index (χ1v) is 3.79. The van der Waals surface area contributed by atoms with Crippen LogP contribution in [0.25, 0.3) is 0 Å². The van der Waals surface area contributed by atoms with Crippen LogP contribution in [0, 0.1) is 5.95 Å². The number of rotatable bonds is 3. The topological polar surface area (TPSA) is 70.4 Å². The molecule has 0 aliphatic heterocycles. The fourth-order valence-corrected chi connectivity index (χ4v) is 1.08. The van der Waals surface area contributed by atoms with Crippen LogP contribution < -0.4 is 0 Å². The summed E-state index contributed by atoms with van der Waals surface area (Å²) in [4.78, 5) is 13.3. The second kappa shape index (κ2) is 4.16. The number of carboxylic acids is 1. The maximum absolute atomic E-state index is 12.6. The quantitative estimate of drug-likeness (QED) is 0.758. The molecule has 1 rings (SSSR count). The van der Waals surface area contributed by atoms with Gasteiger partial charge in [0, 0.05) is 6.20 Å². The van der Waals surface area contributed by atoms with Crippen molar-refractivity contribution < 1.29 is 28.2 Å². The van der Waals surface area contributed by atoms with Gasteiger partial charge in [-0.1, -0.05) is 0 Å². The van der Waals surface area contributed by atoms with Crippen LogP contribution in [0.5, 0.6) is 5.75 Å². The maximum Gasteiger partial charge on any atom is 0.307 e. The maximum atomic E-state index is 12.6. The summed E-state index contributed by atoms with van der Waals surface area (Å²) in [5.41, 5.74) is -1.43. The highest BCUT2D eigenvalue weighted by Crippen LogP contribution is 2.32. The molecule has 0 saturated carbocycles. The Morgan fingerprint density at radius 2 is 2.13 bits per heavy atom. The minimum Gasteiger partial charge on any atom is -0.503 e. The first-order chi connectivity index (χ1) is 6.93. The third kappa shape index (κ3) is 2.36. The van der Waals surface area contributed by atoms with E-state index < -0.39 is 41.6 Å². The molecule has 0 aliphatic carbocycles. The SMILES string of the molecule is O=C(O)Cc1cnc(F)c(O)c1C(F)F. The molecular formula is C8H6F3NO3. The van der Waals surface area contributed by atoms with Gasteiger partial charge >= 0.3 is 5.97 Å². The van der Waals surface area contributed by atoms with Crippen molar-refractivity contribution in [2.45, 2.75) is 12.8 Å². The molecular weight excluding hydrogens is 215 g/mol. The van der Waals surface area contributed by atoms with E-state index in [-0.39, 0.29) is 0 Å². The number of hydrogen-bond donors (Lipinski definition) is 2. The van der Waals surface area contributed by atoms with Gasteiger partial charge in [0.15, 0.2) is 5.75 Å². The Morgan fingerprint density at radius 3 is 2.60 bits per heavy atom. The number of hydrogen-bond acceptors (Lipinski definition) is 3. The molecule has 15 heavy (non-hydrogen) atoms. The van der Waals surface area contributed by atoms with E-state index in [0.29, 0.717) is 6.20 Å². The van der Waals surface area contributed by atoms with Gasteiger partial charge < -0.3 is 10.2 Å². The Kier molecular flexibility index (Phi) is 3.13. The smallest absolute Gasteiger partial charge is 0.307 e. The number of carboxylic acid groups (broad SMARTS) is 1. The van der Waals surface area contributed by atoms with Gasteiger partial charge in [-0.25, -0.2) is 13.8 Å². The highest BCUT2D eigenvalue weighted by atomic mass is 19.3. The van der Waals surface area contributed by atoms with E-state index in [4.69, 9.17) is 10.2 Å². The molecule has 0 unspecified atom stereocenters. The monoisotopic (exact) mass is 221 g/mol. The number of carbonyl (C=O) groups is 1. The minimum absolute atomic E-state index is 0.406. The highest BCUT2D eigenvalue weighted by molar-refractivity contribution is 5.71. The van der Waals surface area contributed by atoms with E-state index in [1.165, 1.54) is 0 Å². The normalized spacial score (nSPS) is 10.7. The number of aliphatic carboxylic acids is 1. The second-order valence-corrected chi connectivity index (χ2v) is 2.71. The molecule has 0 aliphatic rings. The fraction of sp³-hybridized carbons (Fsp3) is 0.250. The molecule has 1 heterocycles. The highest BCUT2D eigenvalue weighted by Gasteiger charge is 2.23. The lowest BCUT2D eigenvalue weighted by Crippen LogP contribution is -2.06. The average molecular weight is 221 g/mol. The number of nitrogens with zero attached hydrogens (tertiary/aromatic N) is 1. The van der Waals surface area contributed by atoms with Gasteiger partial charge in [-0.05, 0) is 5.56 Å². The molecule has 7 heteroatoms. The molecule has 2 N–H and O–H groups in total. The molecule has 0 amide bonds. The predicted octanol–water partition coefficient (Wildman–Crippen LogP) is 1.49. The van der Waals surface area contributed by atoms with E-state index in [0.717, 1.165) is 0 Å². The Morgan fingerprint density at radius 1 is 1.53 bits per heavy atom. The zero-order valence-corrected chi connectivity index (χ0v) is 7.25. The summed E-state index contributed by atoms with van der Waals surface area (Å²) in [5, 5.41) is 17.3. The van der Waals surface area contributed by atoms with Crippen LogP contribution in [0.15, 0.2) is 6.20 Å². The summed E-state index contributed by atoms with van der Waals surface area (Å²) < 4.78 is 37.4. The average Bonchev–Trinajstić information content (AvgIpc) is 2.10. The number of pyridine rings is 1. The zero-order valence-electron chi connectivity index (χ0n) is 7.25. The molecule has 1 aromatic rings. The van der Waals surface area contributed by atoms with Crippen LogP contribution >= 0.6 is 0 Å². The molecule has 0 aromatic carbocycles. The number of aromatic hydroxyl groups is 1. The Hall–Kier alpha value is -1.79. The van der Waals surface area contributed by atoms with Crippen molar-refractivity contribution in [1.82, 2.24) is 4.98 Å². The lowest BCUT2D eigenvalue weighted by molar-refractivity contribution is -0.136. The summed E-state index contributed by atoms with van der Waals surface area (Å²) in [6.07, 6.45) is -3.23. The summed E-state index contributed by atoms with van der Waals surface area (Å²) in [6, 6.07) is 0. The van der Waals surface area contributed by atoms with Crippen LogP contribution in [0.4, 0.5) is 13.2 Å². The van der Waals surface area contributed by atoms with Gasteiger partial charge in [0.05, 0.1) is 12.0 Å². The van der Waals surface area contributed by atoms with Crippen LogP contribution in [0.2, 0.25) is 0 Å². The summed E-state index contributed by atoms with van der Waals surface area (Å²) in [6.45, 7) is 0. The van der Waals surface area contributed by atoms with Gasteiger partial charge in [0.25, 0.3) is 12.4 Å². The van der Waals surface area contributed by atoms with Crippen molar-refractivity contribution in [3.8, 4) is 5.75 Å². The van der Waals surface area contributed by atoms with Crippen LogP contribution in [0.3, 0.4) is 0 Å². The van der Waals surface area contributed by atoms with Gasteiger partial charge in [0.1, 0.15) is 0 Å². The van der Waals surface area contributed by atoms with Crippen molar-refractivity contribution in [3.63, 3.8) is 0 Å². The summed E-state index contributed by atoms with van der Waals surface area (Å²) in [5.74, 6) is -4.12. The third-order valence-electron chi connectivity index (χ3n) is 1.69. The van der Waals surface area contributed by atoms with Gasteiger partial charge in [-0.15, -0.1) is 0 Å². The Bertz CT molecular complexity index is 395. The van der Waals surface area contributed by atoms with Gasteiger partial charge in [0.2, 0.25) is 0 Å². The molecule has 0 saturated heterocycles. The number of alkyl halides is 2. The van der Waals surface area contributed by atoms with Crippen molar-refractivity contribution in [2.24, 2.45) is 0 Å². The molecule has 1 aromatic heterocycles. The lowest BCUT2D eigenvalue weighted by atomic mass is 10.1. The molecule has 0 radical (unpaired) electrons. The number of halogens is 3. The van der Waals surface area contributed by atoms with E-state index in [1.54, 1.807) is 0 Å². The largest absolute Gasteiger partial charge is 0.503 e. The summed E-state index contributed by atoms with van der Waals surface area (Å²) in [7, 11) is 0. The Balaban J connectivity index is 3.26. The molecule has 0 bridgehead atoms. The zero-order chi connectivity index (χ0) is 11.6. The van der Waals surface area contributed by atoms with Gasteiger partial charge in [-0.2, -0.15) is 4.39 Å². The second-order valence-electron chi connectivity index (χ2n) is 2.71. The van der Waals surface area contributed by atoms with E-state index in [1.807, 2.05) is 0 Å². The molecule has 82 valence electrons. The predicted molar refractivity (Wildman–Crippen MR) is 42.2 cm³/mol. The summed E-state index contributed by atoms with van der Waals surface area (Å²) >= 11 is 0. The molecule has 0 atom stereocenters. The van der Waals surface area contributed by atoms with Crippen molar-refractivity contribution in [3.05, 3.63) is 23.3 Å². The van der Waals surface area contributed by atoms with E-state index in [2.05, 4.69) is 4.98 Å². The van der Waals surface area contributed by atoms with Crippen LogP contribution in [-0.2, 0) is 11.2 Å². The molecule has 4 nitrogen and oxygen atoms in total. The van der Waals surface area contributed by atoms with E-state index >= 15 is 0 Å². The molecule has 0 spiro atoms. The minimum atomic E-state index is -3.16. The van der Waals surface area contributed by atoms with Gasteiger partial charge in [-0.3, -0.25) is 4.79 Å². The standard InChI is InChI=1S/C8H6F3NO3/c9-7(10)5-3(1-4(13)14)2-12-8(11)6(5)15/h2,7,15H,1H2,(H,13,14). The number of aromatic nitrogens is 1. The first kappa shape index (κ1) is 11.3. The van der Waals surface area contributed by atoms with Crippen molar-refractivity contribution >= 4 is 5.97 Å². The third-order valence-corrected chi connectivity index (χ3v) is 1.69. The fourth-order valence-electron chi connectivity index (χ4n) is 1.08. The molecule has 0 fully saturated rings. The van der Waals surface area contributed by atoms with Crippen LogP contribution in [-0.4, -0.2) is 21.2 Å². The van der Waals surface area contributed by atoms with Crippen molar-refractivity contribution in [2.75, 3.05) is 0 Å². The Labute approximate surface area is 82.0 Å². The van der Waals surface area contributed by atoms with E-state index in [9.17, 15) is 18.0 Å². The van der Waals surface area contributed by atoms with Crippen molar-refractivity contribution in [1.29, 1.82) is 0 Å². The lowest BCUT2D eigenvalue weighted by Gasteiger charge is -2.08. The first-order valence-electron chi connectivity index (χ1n) is 3.79.